The van der Waals surface area contributed by atoms with Crippen LogP contribution in [-0.2, 0) is 0 Å². The first-order valence-corrected chi connectivity index (χ1v) is 7.37. The predicted molar refractivity (Wildman–Crippen MR) is 79.4 cm³/mol. The third-order valence-corrected chi connectivity index (χ3v) is 4.16. The molecule has 1 aliphatic heterocycles. The van der Waals surface area contributed by atoms with Gasteiger partial charge in [-0.3, -0.25) is 4.79 Å². The molecule has 1 fully saturated rings. The number of likely N-dealkylation sites (tertiary alicyclic amines) is 1. The second kappa shape index (κ2) is 6.29. The number of rotatable bonds is 2. The third kappa shape index (κ3) is 3.21. The molecular formula is C15H21ClN2O. The van der Waals surface area contributed by atoms with E-state index in [0.717, 1.165) is 25.8 Å². The highest BCUT2D eigenvalue weighted by Crippen LogP contribution is 2.25. The molecule has 1 saturated heterocycles. The van der Waals surface area contributed by atoms with Crippen LogP contribution < -0.4 is 5.73 Å². The van der Waals surface area contributed by atoms with Crippen molar-refractivity contribution in [3.05, 3.63) is 28.8 Å². The molecule has 1 unspecified atom stereocenters. The van der Waals surface area contributed by atoms with E-state index in [1.807, 2.05) is 4.90 Å². The van der Waals surface area contributed by atoms with Crippen molar-refractivity contribution in [1.82, 2.24) is 4.90 Å². The van der Waals surface area contributed by atoms with Gasteiger partial charge >= 0.3 is 0 Å². The first-order valence-electron chi connectivity index (χ1n) is 6.99. The third-order valence-electron chi connectivity index (χ3n) is 3.83. The average Bonchev–Trinajstić information content (AvgIpc) is 2.65. The largest absolute Gasteiger partial charge is 0.399 e. The zero-order valence-corrected chi connectivity index (χ0v) is 12.1. The van der Waals surface area contributed by atoms with E-state index in [1.54, 1.807) is 18.2 Å². The predicted octanol–water partition coefficient (Wildman–Crippen LogP) is 3.72. The SMILES string of the molecule is CCC1CCCCCN1C(=O)c1cc(N)ccc1Cl. The molecule has 1 aromatic rings. The van der Waals surface area contributed by atoms with Crippen molar-refractivity contribution in [3.63, 3.8) is 0 Å². The van der Waals surface area contributed by atoms with Gasteiger partial charge in [0.2, 0.25) is 0 Å². The maximum Gasteiger partial charge on any atom is 0.255 e. The summed E-state index contributed by atoms with van der Waals surface area (Å²) < 4.78 is 0. The fourth-order valence-electron chi connectivity index (χ4n) is 2.73. The lowest BCUT2D eigenvalue weighted by atomic mass is 10.1. The number of halogens is 1. The topological polar surface area (TPSA) is 46.3 Å². The van der Waals surface area contributed by atoms with E-state index >= 15 is 0 Å². The zero-order valence-electron chi connectivity index (χ0n) is 11.4. The summed E-state index contributed by atoms with van der Waals surface area (Å²) in [5.41, 5.74) is 6.87. The number of anilines is 1. The maximum absolute atomic E-state index is 12.7. The van der Waals surface area contributed by atoms with Gasteiger partial charge in [-0.1, -0.05) is 31.4 Å². The standard InChI is InChI=1S/C15H21ClN2O/c1-2-12-6-4-3-5-9-18(12)15(19)13-10-11(17)7-8-14(13)16/h7-8,10,12H,2-6,9,17H2,1H3. The summed E-state index contributed by atoms with van der Waals surface area (Å²) >= 11 is 6.14. The van der Waals surface area contributed by atoms with Crippen LogP contribution in [0.2, 0.25) is 5.02 Å². The molecule has 1 heterocycles. The van der Waals surface area contributed by atoms with Crippen molar-refractivity contribution in [2.45, 2.75) is 45.1 Å². The van der Waals surface area contributed by atoms with Gasteiger partial charge in [0.15, 0.2) is 0 Å². The van der Waals surface area contributed by atoms with Crippen molar-refractivity contribution in [3.8, 4) is 0 Å². The van der Waals surface area contributed by atoms with E-state index in [4.69, 9.17) is 17.3 Å². The molecule has 0 radical (unpaired) electrons. The number of nitrogens with two attached hydrogens (primary N) is 1. The summed E-state index contributed by atoms with van der Waals surface area (Å²) in [6.45, 7) is 2.96. The van der Waals surface area contributed by atoms with Crippen LogP contribution in [0, 0.1) is 0 Å². The van der Waals surface area contributed by atoms with Gasteiger partial charge in [-0.15, -0.1) is 0 Å². The van der Waals surface area contributed by atoms with Gasteiger partial charge in [-0.05, 0) is 37.5 Å². The highest BCUT2D eigenvalue weighted by Gasteiger charge is 2.26. The molecule has 4 heteroatoms. The van der Waals surface area contributed by atoms with E-state index in [-0.39, 0.29) is 5.91 Å². The Morgan fingerprint density at radius 3 is 2.95 bits per heavy atom. The maximum atomic E-state index is 12.7. The van der Waals surface area contributed by atoms with Crippen LogP contribution in [0.3, 0.4) is 0 Å². The molecule has 1 aliphatic rings. The molecule has 0 saturated carbocycles. The number of carbonyl (C=O) groups is 1. The first kappa shape index (κ1) is 14.2. The summed E-state index contributed by atoms with van der Waals surface area (Å²) in [5.74, 6) is 0.0195. The van der Waals surface area contributed by atoms with Crippen LogP contribution in [0.25, 0.3) is 0 Å². The summed E-state index contributed by atoms with van der Waals surface area (Å²) in [4.78, 5) is 14.7. The second-order valence-electron chi connectivity index (χ2n) is 5.15. The minimum Gasteiger partial charge on any atom is -0.399 e. The number of benzene rings is 1. The molecule has 3 nitrogen and oxygen atoms in total. The molecule has 2 N–H and O–H groups in total. The number of amides is 1. The summed E-state index contributed by atoms with van der Waals surface area (Å²) in [7, 11) is 0. The zero-order chi connectivity index (χ0) is 13.8. The molecule has 1 atom stereocenters. The second-order valence-corrected chi connectivity index (χ2v) is 5.56. The molecule has 104 valence electrons. The number of hydrogen-bond acceptors (Lipinski definition) is 2. The van der Waals surface area contributed by atoms with Crippen molar-refractivity contribution < 1.29 is 4.79 Å². The summed E-state index contributed by atoms with van der Waals surface area (Å²) in [6, 6.07) is 5.43. The smallest absolute Gasteiger partial charge is 0.255 e. The first-order chi connectivity index (χ1) is 9.13. The molecule has 1 amide bonds. The average molecular weight is 281 g/mol. The van der Waals surface area contributed by atoms with Gasteiger partial charge in [0.25, 0.3) is 5.91 Å². The Kier molecular flexibility index (Phi) is 4.70. The molecule has 1 aromatic carbocycles. The highest BCUT2D eigenvalue weighted by atomic mass is 35.5. The van der Waals surface area contributed by atoms with Gasteiger partial charge < -0.3 is 10.6 Å². The molecule has 0 aliphatic carbocycles. The van der Waals surface area contributed by atoms with Gasteiger partial charge in [0, 0.05) is 18.3 Å². The van der Waals surface area contributed by atoms with Crippen molar-refractivity contribution in [1.29, 1.82) is 0 Å². The number of nitrogens with zero attached hydrogens (tertiary/aromatic N) is 1. The molecule has 19 heavy (non-hydrogen) atoms. The van der Waals surface area contributed by atoms with Crippen LogP contribution in [0.5, 0.6) is 0 Å². The lowest BCUT2D eigenvalue weighted by Gasteiger charge is -2.29. The number of carbonyl (C=O) groups excluding carboxylic acids is 1. The molecule has 0 bridgehead atoms. The van der Waals surface area contributed by atoms with E-state index in [1.165, 1.54) is 12.8 Å². The van der Waals surface area contributed by atoms with Gasteiger partial charge in [0.05, 0.1) is 10.6 Å². The molecule has 2 rings (SSSR count). The lowest BCUT2D eigenvalue weighted by Crippen LogP contribution is -2.39. The van der Waals surface area contributed by atoms with Crippen LogP contribution in [0.1, 0.15) is 49.4 Å². The van der Waals surface area contributed by atoms with Crippen molar-refractivity contribution in [2.75, 3.05) is 12.3 Å². The van der Waals surface area contributed by atoms with Crippen molar-refractivity contribution in [2.24, 2.45) is 0 Å². The van der Waals surface area contributed by atoms with E-state index < -0.39 is 0 Å². The van der Waals surface area contributed by atoms with Crippen LogP contribution in [0.15, 0.2) is 18.2 Å². The Morgan fingerprint density at radius 2 is 2.21 bits per heavy atom. The number of hydrogen-bond donors (Lipinski definition) is 1. The Bertz CT molecular complexity index is 461. The monoisotopic (exact) mass is 280 g/mol. The highest BCUT2D eigenvalue weighted by molar-refractivity contribution is 6.34. The lowest BCUT2D eigenvalue weighted by molar-refractivity contribution is 0.0678. The van der Waals surface area contributed by atoms with Crippen LogP contribution in [-0.4, -0.2) is 23.4 Å². The Balaban J connectivity index is 2.27. The van der Waals surface area contributed by atoms with Crippen LogP contribution in [0.4, 0.5) is 5.69 Å². The number of nitrogen functional groups attached to an aromatic ring is 1. The van der Waals surface area contributed by atoms with Gasteiger partial charge in [-0.2, -0.15) is 0 Å². The normalized spacial score (nSPS) is 20.1. The Labute approximate surface area is 119 Å². The minimum atomic E-state index is 0.0195. The minimum absolute atomic E-state index is 0.0195. The molecular weight excluding hydrogens is 260 g/mol. The summed E-state index contributed by atoms with van der Waals surface area (Å²) in [6.07, 6.45) is 5.55. The molecule has 0 aromatic heterocycles. The Morgan fingerprint density at radius 1 is 1.42 bits per heavy atom. The van der Waals surface area contributed by atoms with Gasteiger partial charge in [-0.25, -0.2) is 0 Å². The van der Waals surface area contributed by atoms with Crippen LogP contribution >= 0.6 is 11.6 Å². The fraction of sp³-hybridized carbons (Fsp3) is 0.533. The van der Waals surface area contributed by atoms with E-state index in [2.05, 4.69) is 6.92 Å². The summed E-state index contributed by atoms with van der Waals surface area (Å²) in [5, 5.41) is 0.485. The van der Waals surface area contributed by atoms with E-state index in [9.17, 15) is 4.79 Å². The Hall–Kier alpha value is -1.22. The fourth-order valence-corrected chi connectivity index (χ4v) is 2.93. The van der Waals surface area contributed by atoms with Gasteiger partial charge in [0.1, 0.15) is 0 Å². The quantitative estimate of drug-likeness (QED) is 0.839. The van der Waals surface area contributed by atoms with E-state index in [0.29, 0.717) is 22.3 Å². The van der Waals surface area contributed by atoms with Crippen molar-refractivity contribution >= 4 is 23.2 Å². The molecule has 0 spiro atoms.